The molecule has 1 amide bonds. The molecule has 0 bridgehead atoms. The monoisotopic (exact) mass is 475 g/mol. The van der Waals surface area contributed by atoms with Crippen molar-refractivity contribution in [3.8, 4) is 5.75 Å². The number of ether oxygens (including phenoxy) is 1. The van der Waals surface area contributed by atoms with Crippen LogP contribution in [-0.2, 0) is 11.3 Å². The summed E-state index contributed by atoms with van der Waals surface area (Å²) in [5.41, 5.74) is 9.18. The van der Waals surface area contributed by atoms with Crippen LogP contribution in [0.15, 0.2) is 66.3 Å². The summed E-state index contributed by atoms with van der Waals surface area (Å²) < 4.78 is 5.80. The molecule has 1 fully saturated rings. The summed E-state index contributed by atoms with van der Waals surface area (Å²) in [7, 11) is 0. The van der Waals surface area contributed by atoms with E-state index < -0.39 is 0 Å². The molecule has 1 aromatic heterocycles. The molecule has 3 aliphatic rings. The molecule has 35 heavy (non-hydrogen) atoms. The average Bonchev–Trinajstić information content (AvgIpc) is 3.51. The SMILES string of the molecule is CCCCOc1ccc(C2CC3C4NN=C(CCC(=O)NCc5ccncc5)N4C=CN3N2)cc1. The molecule has 0 radical (unpaired) electrons. The Morgan fingerprint density at radius 3 is 2.80 bits per heavy atom. The van der Waals surface area contributed by atoms with Crippen LogP contribution < -0.4 is 20.9 Å². The number of pyridine rings is 1. The van der Waals surface area contributed by atoms with Gasteiger partial charge in [0.25, 0.3) is 0 Å². The fourth-order valence-corrected chi connectivity index (χ4v) is 4.67. The number of benzene rings is 1. The van der Waals surface area contributed by atoms with Crippen LogP contribution in [0.4, 0.5) is 0 Å². The minimum Gasteiger partial charge on any atom is -0.494 e. The minimum absolute atomic E-state index is 0.0142. The highest BCUT2D eigenvalue weighted by atomic mass is 16.5. The Morgan fingerprint density at radius 1 is 1.17 bits per heavy atom. The second kappa shape index (κ2) is 10.8. The number of nitrogens with zero attached hydrogens (tertiary/aromatic N) is 4. The molecule has 3 N–H and O–H groups in total. The van der Waals surface area contributed by atoms with E-state index in [2.05, 4.69) is 73.6 Å². The van der Waals surface area contributed by atoms with Gasteiger partial charge in [-0.25, -0.2) is 5.43 Å². The highest BCUT2D eigenvalue weighted by Crippen LogP contribution is 2.34. The van der Waals surface area contributed by atoms with Gasteiger partial charge in [0, 0.05) is 44.2 Å². The molecule has 0 spiro atoms. The van der Waals surface area contributed by atoms with Crippen LogP contribution >= 0.6 is 0 Å². The highest BCUT2D eigenvalue weighted by Gasteiger charge is 2.44. The maximum Gasteiger partial charge on any atom is 0.220 e. The zero-order valence-corrected chi connectivity index (χ0v) is 20.1. The average molecular weight is 476 g/mol. The molecule has 1 saturated heterocycles. The topological polar surface area (TPSA) is 94.1 Å². The molecule has 5 rings (SSSR count). The number of amidine groups is 1. The summed E-state index contributed by atoms with van der Waals surface area (Å²) in [5, 5.41) is 9.70. The smallest absolute Gasteiger partial charge is 0.220 e. The fourth-order valence-electron chi connectivity index (χ4n) is 4.67. The van der Waals surface area contributed by atoms with Crippen molar-refractivity contribution in [2.24, 2.45) is 5.10 Å². The molecule has 184 valence electrons. The van der Waals surface area contributed by atoms with Gasteiger partial charge in [-0.05, 0) is 48.2 Å². The first-order chi connectivity index (χ1) is 17.2. The van der Waals surface area contributed by atoms with Crippen molar-refractivity contribution in [2.45, 2.75) is 63.8 Å². The third-order valence-corrected chi connectivity index (χ3v) is 6.68. The molecular formula is C26H33N7O2. The summed E-state index contributed by atoms with van der Waals surface area (Å²) >= 11 is 0. The van der Waals surface area contributed by atoms with Crippen molar-refractivity contribution in [3.63, 3.8) is 0 Å². The van der Waals surface area contributed by atoms with Crippen molar-refractivity contribution < 1.29 is 9.53 Å². The maximum atomic E-state index is 12.3. The quantitative estimate of drug-likeness (QED) is 0.455. The number of rotatable bonds is 10. The Labute approximate surface area is 206 Å². The third-order valence-electron chi connectivity index (χ3n) is 6.68. The van der Waals surface area contributed by atoms with Crippen molar-refractivity contribution in [2.75, 3.05) is 6.61 Å². The third kappa shape index (κ3) is 5.40. The number of carbonyl (C=O) groups is 1. The summed E-state index contributed by atoms with van der Waals surface area (Å²) in [6, 6.07) is 12.7. The standard InChI is InChI=1S/C26H33N7O2/c1-2-3-16-35-21-6-4-20(5-7-21)22-17-23-26-30-29-24(32(26)14-15-33(23)31-22)8-9-25(34)28-18-19-10-12-27-13-11-19/h4-7,10-15,22-23,26,30-31H,2-3,8-9,16-18H2,1H3,(H,28,34). The van der Waals surface area contributed by atoms with Gasteiger partial charge < -0.3 is 20.0 Å². The Bertz CT molecular complexity index is 1060. The van der Waals surface area contributed by atoms with Gasteiger partial charge in [0.05, 0.1) is 18.7 Å². The Hall–Kier alpha value is -3.59. The number of unbranched alkanes of at least 4 members (excludes halogenated alkanes) is 1. The lowest BCUT2D eigenvalue weighted by atomic mass is 9.99. The van der Waals surface area contributed by atoms with E-state index in [-0.39, 0.29) is 24.2 Å². The number of hydrazine groups is 1. The number of hydrogen-bond acceptors (Lipinski definition) is 8. The maximum absolute atomic E-state index is 12.3. The van der Waals surface area contributed by atoms with Crippen molar-refractivity contribution >= 4 is 11.7 Å². The van der Waals surface area contributed by atoms with Crippen molar-refractivity contribution in [3.05, 3.63) is 72.3 Å². The second-order valence-corrected chi connectivity index (χ2v) is 9.10. The van der Waals surface area contributed by atoms with Crippen LogP contribution in [-0.4, -0.2) is 45.5 Å². The van der Waals surface area contributed by atoms with Gasteiger partial charge in [-0.1, -0.05) is 25.5 Å². The zero-order chi connectivity index (χ0) is 24.0. The van der Waals surface area contributed by atoms with E-state index in [9.17, 15) is 4.79 Å². The number of fused-ring (bicyclic) bond motifs is 3. The first-order valence-electron chi connectivity index (χ1n) is 12.4. The zero-order valence-electron chi connectivity index (χ0n) is 20.1. The lowest BCUT2D eigenvalue weighted by molar-refractivity contribution is -0.121. The summed E-state index contributed by atoms with van der Waals surface area (Å²) in [6.07, 6.45) is 11.7. The lowest BCUT2D eigenvalue weighted by Crippen LogP contribution is -2.54. The molecule has 0 saturated carbocycles. The van der Waals surface area contributed by atoms with E-state index >= 15 is 0 Å². The van der Waals surface area contributed by atoms with Gasteiger partial charge in [-0.3, -0.25) is 15.2 Å². The normalized spacial score (nSPS) is 22.3. The van der Waals surface area contributed by atoms with Gasteiger partial charge in [0.1, 0.15) is 17.8 Å². The number of hydrazone groups is 1. The number of amides is 1. The van der Waals surface area contributed by atoms with Gasteiger partial charge in [-0.15, -0.1) is 0 Å². The van der Waals surface area contributed by atoms with Gasteiger partial charge in [0.15, 0.2) is 0 Å². The molecule has 3 atom stereocenters. The first-order valence-corrected chi connectivity index (χ1v) is 12.4. The highest BCUT2D eigenvalue weighted by molar-refractivity contribution is 5.89. The van der Waals surface area contributed by atoms with Crippen LogP contribution in [0.25, 0.3) is 0 Å². The molecule has 9 heteroatoms. The van der Waals surface area contributed by atoms with E-state index in [0.29, 0.717) is 19.4 Å². The van der Waals surface area contributed by atoms with Crippen LogP contribution in [0.5, 0.6) is 5.75 Å². The predicted octanol–water partition coefficient (Wildman–Crippen LogP) is 3.01. The Kier molecular flexibility index (Phi) is 7.13. The van der Waals surface area contributed by atoms with Crippen molar-refractivity contribution in [1.29, 1.82) is 0 Å². The summed E-state index contributed by atoms with van der Waals surface area (Å²) in [6.45, 7) is 3.43. The molecule has 9 nitrogen and oxygen atoms in total. The van der Waals surface area contributed by atoms with E-state index in [1.54, 1.807) is 12.4 Å². The van der Waals surface area contributed by atoms with E-state index in [0.717, 1.165) is 43.0 Å². The van der Waals surface area contributed by atoms with Crippen LogP contribution in [0.3, 0.4) is 0 Å². The molecule has 1 aromatic carbocycles. The fraction of sp³-hybridized carbons (Fsp3) is 0.423. The number of hydrogen-bond donors (Lipinski definition) is 3. The summed E-state index contributed by atoms with van der Waals surface area (Å²) in [5.74, 6) is 1.83. The van der Waals surface area contributed by atoms with E-state index in [1.165, 1.54) is 5.56 Å². The van der Waals surface area contributed by atoms with Crippen LogP contribution in [0, 0.1) is 0 Å². The van der Waals surface area contributed by atoms with Gasteiger partial charge in [0.2, 0.25) is 5.91 Å². The number of nitrogens with one attached hydrogen (secondary N) is 3. The van der Waals surface area contributed by atoms with Gasteiger partial charge in [-0.2, -0.15) is 5.10 Å². The Balaban J connectivity index is 1.11. The molecule has 0 aliphatic carbocycles. The number of carbonyl (C=O) groups excluding carboxylic acids is 1. The minimum atomic E-state index is 0.0142. The van der Waals surface area contributed by atoms with Crippen LogP contribution in [0.1, 0.15) is 56.2 Å². The summed E-state index contributed by atoms with van der Waals surface area (Å²) in [4.78, 5) is 18.5. The van der Waals surface area contributed by atoms with E-state index in [1.807, 2.05) is 18.3 Å². The van der Waals surface area contributed by atoms with Gasteiger partial charge >= 0.3 is 0 Å². The molecule has 3 aliphatic heterocycles. The van der Waals surface area contributed by atoms with E-state index in [4.69, 9.17) is 4.74 Å². The number of aromatic nitrogens is 1. The Morgan fingerprint density at radius 2 is 2.00 bits per heavy atom. The van der Waals surface area contributed by atoms with Crippen molar-refractivity contribution in [1.82, 2.24) is 31.1 Å². The second-order valence-electron chi connectivity index (χ2n) is 9.10. The lowest BCUT2D eigenvalue weighted by Gasteiger charge is -2.37. The molecule has 4 heterocycles. The first kappa shape index (κ1) is 23.2. The largest absolute Gasteiger partial charge is 0.494 e. The predicted molar refractivity (Wildman–Crippen MR) is 134 cm³/mol. The molecular weight excluding hydrogens is 442 g/mol. The molecule has 2 aromatic rings. The molecule has 3 unspecified atom stereocenters. The van der Waals surface area contributed by atoms with Crippen LogP contribution in [0.2, 0.25) is 0 Å².